The van der Waals surface area contributed by atoms with Crippen molar-refractivity contribution in [2.45, 2.75) is 26.1 Å². The first kappa shape index (κ1) is 17.3. The van der Waals surface area contributed by atoms with Crippen molar-refractivity contribution < 1.29 is 0 Å². The van der Waals surface area contributed by atoms with Crippen molar-refractivity contribution in [1.82, 2.24) is 19.4 Å². The first-order valence-electron chi connectivity index (χ1n) is 9.66. The van der Waals surface area contributed by atoms with Gasteiger partial charge in [0.25, 0.3) is 0 Å². The fourth-order valence-electron chi connectivity index (χ4n) is 4.13. The third-order valence-electron chi connectivity index (χ3n) is 5.52. The smallest absolute Gasteiger partial charge is 0.196 e. The third-order valence-corrected chi connectivity index (χ3v) is 5.73. The first-order chi connectivity index (χ1) is 13.8. The Hall–Kier alpha value is -2.76. The van der Waals surface area contributed by atoms with Gasteiger partial charge in [0.05, 0.1) is 0 Å². The summed E-state index contributed by atoms with van der Waals surface area (Å²) in [6.07, 6.45) is 5.26. The van der Waals surface area contributed by atoms with Crippen LogP contribution in [0.5, 0.6) is 0 Å². The molecule has 0 spiro atoms. The molecule has 4 nitrogen and oxygen atoms in total. The van der Waals surface area contributed by atoms with E-state index in [1.807, 2.05) is 6.20 Å². The SMILES string of the molecule is S=c1ncc2c([nH]1)CN(Cc1cn(Cc3ccccc3)c3ccccc13)CC2. The van der Waals surface area contributed by atoms with E-state index in [1.165, 1.54) is 33.3 Å². The summed E-state index contributed by atoms with van der Waals surface area (Å²) in [7, 11) is 0. The lowest BCUT2D eigenvalue weighted by Gasteiger charge is -2.27. The monoisotopic (exact) mass is 386 g/mol. The Bertz CT molecular complexity index is 1180. The predicted octanol–water partition coefficient (Wildman–Crippen LogP) is 4.70. The number of hydrogen-bond acceptors (Lipinski definition) is 3. The minimum atomic E-state index is 0.570. The van der Waals surface area contributed by atoms with Crippen molar-refractivity contribution in [2.75, 3.05) is 6.54 Å². The minimum Gasteiger partial charge on any atom is -0.343 e. The molecule has 0 amide bonds. The molecule has 2 aromatic carbocycles. The Morgan fingerprint density at radius 3 is 2.71 bits per heavy atom. The first-order valence-corrected chi connectivity index (χ1v) is 10.1. The van der Waals surface area contributed by atoms with E-state index in [4.69, 9.17) is 12.2 Å². The minimum absolute atomic E-state index is 0.570. The summed E-state index contributed by atoms with van der Waals surface area (Å²) in [4.78, 5) is 9.99. The van der Waals surface area contributed by atoms with Crippen molar-refractivity contribution in [1.29, 1.82) is 0 Å². The van der Waals surface area contributed by atoms with E-state index < -0.39 is 0 Å². The van der Waals surface area contributed by atoms with Gasteiger partial charge in [-0.3, -0.25) is 4.90 Å². The number of nitrogens with zero attached hydrogens (tertiary/aromatic N) is 3. The molecule has 5 rings (SSSR count). The molecule has 5 heteroatoms. The zero-order valence-corrected chi connectivity index (χ0v) is 16.5. The van der Waals surface area contributed by atoms with E-state index in [0.29, 0.717) is 4.77 Å². The molecule has 0 aliphatic carbocycles. The summed E-state index contributed by atoms with van der Waals surface area (Å²) in [6.45, 7) is 3.75. The molecule has 1 N–H and O–H groups in total. The van der Waals surface area contributed by atoms with Gasteiger partial charge in [0.1, 0.15) is 0 Å². The molecule has 2 aromatic heterocycles. The number of aromatic amines is 1. The molecule has 1 aliphatic heterocycles. The standard InChI is InChI=1S/C23H22N4S/c28-23-24-12-18-10-11-26(16-21(18)25-23)14-19-15-27(13-17-6-2-1-3-7-17)22-9-5-4-8-20(19)22/h1-9,12,15H,10-11,13-14,16H2,(H,24,25,28). The lowest BCUT2D eigenvalue weighted by molar-refractivity contribution is 0.241. The Morgan fingerprint density at radius 1 is 1.00 bits per heavy atom. The van der Waals surface area contributed by atoms with Gasteiger partial charge in [-0.05, 0) is 41.4 Å². The molecule has 0 atom stereocenters. The molecule has 0 saturated heterocycles. The molecule has 0 fully saturated rings. The Kier molecular flexibility index (Phi) is 4.55. The van der Waals surface area contributed by atoms with Crippen molar-refractivity contribution >= 4 is 23.1 Å². The maximum atomic E-state index is 5.21. The topological polar surface area (TPSA) is 36.9 Å². The second kappa shape index (κ2) is 7.34. The van der Waals surface area contributed by atoms with Crippen LogP contribution in [0.15, 0.2) is 67.0 Å². The Morgan fingerprint density at radius 2 is 1.82 bits per heavy atom. The fraction of sp³-hybridized carbons (Fsp3) is 0.217. The van der Waals surface area contributed by atoms with E-state index in [9.17, 15) is 0 Å². The van der Waals surface area contributed by atoms with Crippen molar-refractivity contribution in [3.63, 3.8) is 0 Å². The van der Waals surface area contributed by atoms with Crippen LogP contribution in [0.25, 0.3) is 10.9 Å². The van der Waals surface area contributed by atoms with Crippen molar-refractivity contribution in [3.05, 3.63) is 94.1 Å². The molecule has 1 aliphatic rings. The molecule has 3 heterocycles. The number of rotatable bonds is 4. The van der Waals surface area contributed by atoms with E-state index in [0.717, 1.165) is 32.6 Å². The molecular formula is C23H22N4S. The average Bonchev–Trinajstić information content (AvgIpc) is 3.06. The largest absolute Gasteiger partial charge is 0.343 e. The van der Waals surface area contributed by atoms with Gasteiger partial charge in [-0.25, -0.2) is 4.98 Å². The lowest BCUT2D eigenvalue weighted by Crippen LogP contribution is -2.30. The Labute approximate surface area is 169 Å². The van der Waals surface area contributed by atoms with Gasteiger partial charge in [0.2, 0.25) is 0 Å². The molecule has 0 saturated carbocycles. The van der Waals surface area contributed by atoms with Crippen LogP contribution in [0.1, 0.15) is 22.4 Å². The molecule has 0 bridgehead atoms. The van der Waals surface area contributed by atoms with Crippen LogP contribution >= 0.6 is 12.2 Å². The van der Waals surface area contributed by atoms with Crippen LogP contribution in [-0.4, -0.2) is 26.0 Å². The van der Waals surface area contributed by atoms with E-state index in [1.54, 1.807) is 0 Å². The number of benzene rings is 2. The van der Waals surface area contributed by atoms with E-state index >= 15 is 0 Å². The summed E-state index contributed by atoms with van der Waals surface area (Å²) >= 11 is 5.21. The van der Waals surface area contributed by atoms with Gasteiger partial charge < -0.3 is 9.55 Å². The van der Waals surface area contributed by atoms with Crippen LogP contribution in [0.4, 0.5) is 0 Å². The third kappa shape index (κ3) is 3.39. The van der Waals surface area contributed by atoms with Gasteiger partial charge in [0, 0.05) is 55.2 Å². The summed E-state index contributed by atoms with van der Waals surface area (Å²) in [5.41, 5.74) is 6.49. The summed E-state index contributed by atoms with van der Waals surface area (Å²) in [6, 6.07) is 19.4. The van der Waals surface area contributed by atoms with E-state index in [2.05, 4.69) is 80.2 Å². The van der Waals surface area contributed by atoms with Crippen molar-refractivity contribution in [2.24, 2.45) is 0 Å². The van der Waals surface area contributed by atoms with Crippen LogP contribution in [-0.2, 0) is 26.1 Å². The molecule has 4 aromatic rings. The van der Waals surface area contributed by atoms with E-state index in [-0.39, 0.29) is 0 Å². The normalized spacial score (nSPS) is 14.3. The Balaban J connectivity index is 1.44. The molecule has 0 unspecified atom stereocenters. The lowest BCUT2D eigenvalue weighted by atomic mass is 10.1. The highest BCUT2D eigenvalue weighted by atomic mass is 32.1. The summed E-state index contributed by atoms with van der Waals surface area (Å²) in [5, 5.41) is 1.34. The number of nitrogens with one attached hydrogen (secondary N) is 1. The number of aromatic nitrogens is 3. The molecular weight excluding hydrogens is 364 g/mol. The number of para-hydroxylation sites is 1. The average molecular weight is 387 g/mol. The molecule has 28 heavy (non-hydrogen) atoms. The molecule has 140 valence electrons. The van der Waals surface area contributed by atoms with Crippen LogP contribution in [0.3, 0.4) is 0 Å². The zero-order valence-electron chi connectivity index (χ0n) is 15.6. The maximum Gasteiger partial charge on any atom is 0.196 e. The van der Waals surface area contributed by atoms with Crippen LogP contribution in [0, 0.1) is 4.77 Å². The molecule has 0 radical (unpaired) electrons. The number of fused-ring (bicyclic) bond motifs is 2. The van der Waals surface area contributed by atoms with Crippen LogP contribution < -0.4 is 0 Å². The second-order valence-electron chi connectivity index (χ2n) is 7.44. The predicted molar refractivity (Wildman–Crippen MR) is 115 cm³/mol. The van der Waals surface area contributed by atoms with Gasteiger partial charge in [0.15, 0.2) is 4.77 Å². The van der Waals surface area contributed by atoms with Gasteiger partial charge in [-0.15, -0.1) is 0 Å². The summed E-state index contributed by atoms with van der Waals surface area (Å²) < 4.78 is 2.94. The van der Waals surface area contributed by atoms with Crippen LogP contribution in [0.2, 0.25) is 0 Å². The van der Waals surface area contributed by atoms with Crippen molar-refractivity contribution in [3.8, 4) is 0 Å². The highest BCUT2D eigenvalue weighted by Crippen LogP contribution is 2.26. The van der Waals surface area contributed by atoms with Gasteiger partial charge in [-0.1, -0.05) is 48.5 Å². The quantitative estimate of drug-likeness (QED) is 0.517. The fourth-order valence-corrected chi connectivity index (χ4v) is 4.31. The van der Waals surface area contributed by atoms with Gasteiger partial charge in [-0.2, -0.15) is 0 Å². The van der Waals surface area contributed by atoms with Gasteiger partial charge >= 0.3 is 0 Å². The highest BCUT2D eigenvalue weighted by Gasteiger charge is 2.19. The zero-order chi connectivity index (χ0) is 18.9. The number of hydrogen-bond donors (Lipinski definition) is 1. The highest BCUT2D eigenvalue weighted by molar-refractivity contribution is 7.71. The second-order valence-corrected chi connectivity index (χ2v) is 7.82. The number of H-pyrrole nitrogens is 1. The maximum absolute atomic E-state index is 5.21. The summed E-state index contributed by atoms with van der Waals surface area (Å²) in [5.74, 6) is 0.